The molecule has 0 aliphatic rings. The Morgan fingerprint density at radius 1 is 1.17 bits per heavy atom. The summed E-state index contributed by atoms with van der Waals surface area (Å²) in [5, 5.41) is 11.7. The third-order valence-electron chi connectivity index (χ3n) is 4.80. The quantitative estimate of drug-likeness (QED) is 0.572. The van der Waals surface area contributed by atoms with Crippen molar-refractivity contribution in [2.75, 3.05) is 13.2 Å². The lowest BCUT2D eigenvalue weighted by molar-refractivity contribution is -0.139. The van der Waals surface area contributed by atoms with Gasteiger partial charge >= 0.3 is 5.97 Å². The molecule has 2 aromatic carbocycles. The van der Waals surface area contributed by atoms with Crippen molar-refractivity contribution < 1.29 is 19.4 Å². The van der Waals surface area contributed by atoms with Gasteiger partial charge in [0, 0.05) is 25.6 Å². The molecule has 0 saturated carbocycles. The molecule has 0 aliphatic heterocycles. The maximum atomic E-state index is 12.5. The molecule has 0 aliphatic carbocycles. The number of amides is 1. The van der Waals surface area contributed by atoms with Crippen molar-refractivity contribution in [2.45, 2.75) is 26.7 Å². The van der Waals surface area contributed by atoms with Crippen LogP contribution in [0.5, 0.6) is 5.75 Å². The molecule has 0 spiro atoms. The monoisotopic (exact) mass is 395 g/mol. The Balaban J connectivity index is 1.56. The first kappa shape index (κ1) is 20.4. The van der Waals surface area contributed by atoms with Crippen molar-refractivity contribution >= 4 is 22.9 Å². The predicted octanol–water partition coefficient (Wildman–Crippen LogP) is 3.02. The van der Waals surface area contributed by atoms with Gasteiger partial charge in [-0.05, 0) is 55.7 Å². The normalized spacial score (nSPS) is 10.9. The van der Waals surface area contributed by atoms with E-state index in [1.807, 2.05) is 31.3 Å². The molecule has 3 rings (SSSR count). The van der Waals surface area contributed by atoms with E-state index in [2.05, 4.69) is 14.9 Å². The summed E-state index contributed by atoms with van der Waals surface area (Å²) in [6.07, 6.45) is 1.55. The number of aliphatic carboxylic acids is 1. The maximum absolute atomic E-state index is 12.5. The highest BCUT2D eigenvalue weighted by Gasteiger charge is 2.13. The van der Waals surface area contributed by atoms with Crippen molar-refractivity contribution in [2.24, 2.45) is 7.05 Å². The summed E-state index contributed by atoms with van der Waals surface area (Å²) in [4.78, 5) is 27.8. The summed E-state index contributed by atoms with van der Waals surface area (Å²) < 4.78 is 7.39. The number of nitrogens with zero attached hydrogens (tertiary/aromatic N) is 2. The lowest BCUT2D eigenvalue weighted by Crippen LogP contribution is -2.25. The van der Waals surface area contributed by atoms with Crippen LogP contribution in [0.25, 0.3) is 11.0 Å². The van der Waals surface area contributed by atoms with Crippen molar-refractivity contribution in [1.29, 1.82) is 0 Å². The molecule has 1 heterocycles. The Labute approximate surface area is 169 Å². The summed E-state index contributed by atoms with van der Waals surface area (Å²) in [6.45, 7) is 3.73. The van der Waals surface area contributed by atoms with E-state index in [0.29, 0.717) is 17.9 Å². The first-order chi connectivity index (χ1) is 13.9. The molecule has 7 nitrogen and oxygen atoms in total. The topological polar surface area (TPSA) is 93.5 Å². The number of carbonyl (C=O) groups excluding carboxylic acids is 1. The third kappa shape index (κ3) is 4.74. The molecule has 1 aromatic heterocycles. The lowest BCUT2D eigenvalue weighted by atomic mass is 10.0. The second-order valence-corrected chi connectivity index (χ2v) is 7.06. The van der Waals surface area contributed by atoms with E-state index in [1.54, 1.807) is 26.0 Å². The van der Waals surface area contributed by atoms with Gasteiger partial charge in [-0.25, -0.2) is 9.78 Å². The second-order valence-electron chi connectivity index (χ2n) is 7.06. The molecule has 7 heteroatoms. The number of carboxylic acids is 1. The van der Waals surface area contributed by atoms with Crippen LogP contribution in [0.15, 0.2) is 36.4 Å². The molecule has 0 radical (unpaired) electrons. The molecule has 152 valence electrons. The first-order valence-electron chi connectivity index (χ1n) is 9.51. The molecule has 0 atom stereocenters. The number of ether oxygens (including phenoxy) is 1. The van der Waals surface area contributed by atoms with E-state index in [9.17, 15) is 9.59 Å². The number of rotatable bonds is 8. The number of carbonyl (C=O) groups is 2. The Morgan fingerprint density at radius 3 is 2.52 bits per heavy atom. The van der Waals surface area contributed by atoms with Crippen LogP contribution < -0.4 is 10.1 Å². The van der Waals surface area contributed by atoms with Gasteiger partial charge in [-0.2, -0.15) is 0 Å². The van der Waals surface area contributed by atoms with E-state index in [0.717, 1.165) is 40.8 Å². The fourth-order valence-electron chi connectivity index (χ4n) is 3.41. The molecule has 3 aromatic rings. The predicted molar refractivity (Wildman–Crippen MR) is 110 cm³/mol. The summed E-state index contributed by atoms with van der Waals surface area (Å²) in [6, 6.07) is 11.4. The minimum atomic E-state index is -1.04. The van der Waals surface area contributed by atoms with Crippen LogP contribution in [0.2, 0.25) is 0 Å². The largest absolute Gasteiger partial charge is 0.481 e. The van der Waals surface area contributed by atoms with Crippen molar-refractivity contribution in [1.82, 2.24) is 14.9 Å². The molecule has 2 N–H and O–H groups in total. The highest BCUT2D eigenvalue weighted by molar-refractivity contribution is 5.94. The van der Waals surface area contributed by atoms with Crippen LogP contribution in [-0.4, -0.2) is 39.7 Å². The molecule has 29 heavy (non-hydrogen) atoms. The summed E-state index contributed by atoms with van der Waals surface area (Å²) >= 11 is 0. The highest BCUT2D eigenvalue weighted by atomic mass is 16.5. The van der Waals surface area contributed by atoms with E-state index < -0.39 is 12.6 Å². The van der Waals surface area contributed by atoms with Gasteiger partial charge in [-0.3, -0.25) is 4.79 Å². The Hall–Kier alpha value is -3.35. The fourth-order valence-corrected chi connectivity index (χ4v) is 3.41. The first-order valence-corrected chi connectivity index (χ1v) is 9.51. The van der Waals surface area contributed by atoms with Crippen LogP contribution >= 0.6 is 0 Å². The average Bonchev–Trinajstić information content (AvgIpc) is 3.00. The number of aromatic nitrogens is 2. The van der Waals surface area contributed by atoms with Crippen molar-refractivity contribution in [3.05, 3.63) is 58.9 Å². The number of para-hydroxylation sites is 2. The molecular formula is C22H25N3O4. The molecule has 0 saturated heterocycles. The minimum absolute atomic E-state index is 0.161. The van der Waals surface area contributed by atoms with Gasteiger partial charge in [0.05, 0.1) is 11.0 Å². The Kier molecular flexibility index (Phi) is 6.16. The zero-order valence-corrected chi connectivity index (χ0v) is 16.9. The van der Waals surface area contributed by atoms with E-state index in [4.69, 9.17) is 9.84 Å². The third-order valence-corrected chi connectivity index (χ3v) is 4.80. The smallest absolute Gasteiger partial charge is 0.341 e. The van der Waals surface area contributed by atoms with Gasteiger partial charge < -0.3 is 19.7 Å². The SMILES string of the molecule is Cc1cc(C(=O)NCCCc2nc3ccccc3n2C)cc(C)c1OCC(=O)O. The number of hydrogen-bond donors (Lipinski definition) is 2. The van der Waals surface area contributed by atoms with Gasteiger partial charge in [0.2, 0.25) is 0 Å². The van der Waals surface area contributed by atoms with Crippen molar-refractivity contribution in [3.63, 3.8) is 0 Å². The molecule has 0 bridgehead atoms. The molecule has 0 fully saturated rings. The van der Waals surface area contributed by atoms with Crippen LogP contribution in [0, 0.1) is 13.8 Å². The summed E-state index contributed by atoms with van der Waals surface area (Å²) in [5.41, 5.74) is 4.07. The van der Waals surface area contributed by atoms with Crippen molar-refractivity contribution in [3.8, 4) is 5.75 Å². The number of carboxylic acid groups (broad SMARTS) is 1. The number of hydrogen-bond acceptors (Lipinski definition) is 4. The zero-order valence-electron chi connectivity index (χ0n) is 16.9. The lowest BCUT2D eigenvalue weighted by Gasteiger charge is -2.13. The second kappa shape index (κ2) is 8.77. The van der Waals surface area contributed by atoms with Crippen LogP contribution in [0.4, 0.5) is 0 Å². The standard InChI is InChI=1S/C22H25N3O4/c1-14-11-16(12-15(2)21(14)29-13-20(26)27)22(28)23-10-6-9-19-24-17-7-4-5-8-18(17)25(19)3/h4-5,7-8,11-12H,6,9-10,13H2,1-3H3,(H,23,28)(H,26,27). The summed E-state index contributed by atoms with van der Waals surface area (Å²) in [7, 11) is 2.00. The zero-order chi connectivity index (χ0) is 21.0. The van der Waals surface area contributed by atoms with Gasteiger partial charge in [0.15, 0.2) is 6.61 Å². The number of fused-ring (bicyclic) bond motifs is 1. The number of aryl methyl sites for hydroxylation is 4. The number of nitrogens with one attached hydrogen (secondary N) is 1. The molecule has 1 amide bonds. The van der Waals surface area contributed by atoms with Gasteiger partial charge in [-0.15, -0.1) is 0 Å². The fraction of sp³-hybridized carbons (Fsp3) is 0.318. The van der Waals surface area contributed by atoms with Crippen LogP contribution in [0.3, 0.4) is 0 Å². The van der Waals surface area contributed by atoms with E-state index in [1.165, 1.54) is 0 Å². The minimum Gasteiger partial charge on any atom is -0.481 e. The van der Waals surface area contributed by atoms with Crippen LogP contribution in [-0.2, 0) is 18.3 Å². The number of benzene rings is 2. The van der Waals surface area contributed by atoms with E-state index in [-0.39, 0.29) is 5.91 Å². The Bertz CT molecular complexity index is 1030. The van der Waals surface area contributed by atoms with E-state index >= 15 is 0 Å². The highest BCUT2D eigenvalue weighted by Crippen LogP contribution is 2.25. The Morgan fingerprint density at radius 2 is 1.86 bits per heavy atom. The van der Waals surface area contributed by atoms with Gasteiger partial charge in [0.1, 0.15) is 11.6 Å². The maximum Gasteiger partial charge on any atom is 0.341 e. The molecular weight excluding hydrogens is 370 g/mol. The average molecular weight is 395 g/mol. The van der Waals surface area contributed by atoms with Gasteiger partial charge in [0.25, 0.3) is 5.91 Å². The van der Waals surface area contributed by atoms with Crippen LogP contribution in [0.1, 0.15) is 33.7 Å². The number of imidazole rings is 1. The summed E-state index contributed by atoms with van der Waals surface area (Å²) in [5.74, 6) is 0.301. The van der Waals surface area contributed by atoms with Gasteiger partial charge in [-0.1, -0.05) is 12.1 Å². The molecule has 0 unspecified atom stereocenters.